The first kappa shape index (κ1) is 11.5. The van der Waals surface area contributed by atoms with Gasteiger partial charge in [0.05, 0.1) is 5.52 Å². The minimum Gasteiger partial charge on any atom is -0.367 e. The van der Waals surface area contributed by atoms with Gasteiger partial charge in [0, 0.05) is 11.4 Å². The van der Waals surface area contributed by atoms with Gasteiger partial charge in [0.1, 0.15) is 12.1 Å². The first-order chi connectivity index (χ1) is 8.83. The molecule has 0 radical (unpaired) electrons. The van der Waals surface area contributed by atoms with E-state index in [1.54, 1.807) is 6.33 Å². The van der Waals surface area contributed by atoms with Crippen LogP contribution in [0.3, 0.4) is 0 Å². The molecule has 1 aromatic carbocycles. The largest absolute Gasteiger partial charge is 0.367 e. The lowest BCUT2D eigenvalue weighted by Crippen LogP contribution is -2.16. The Morgan fingerprint density at radius 2 is 2.11 bits per heavy atom. The van der Waals surface area contributed by atoms with E-state index in [0.29, 0.717) is 6.04 Å². The van der Waals surface area contributed by atoms with Crippen LogP contribution >= 0.6 is 0 Å². The number of benzene rings is 1. The molecule has 1 atom stereocenters. The quantitative estimate of drug-likeness (QED) is 0.868. The third-order valence-electron chi connectivity index (χ3n) is 3.63. The van der Waals surface area contributed by atoms with Crippen molar-refractivity contribution in [3.63, 3.8) is 0 Å². The standard InChI is InChI=1S/C15H19N3/c1-11(6-7-12-8-9-12)18-15-13-4-2-3-5-14(13)16-10-17-15/h2-5,10-12H,6-9H2,1H3,(H,16,17,18)/t11-/m0/s1. The van der Waals surface area contributed by atoms with Crippen LogP contribution in [-0.2, 0) is 0 Å². The summed E-state index contributed by atoms with van der Waals surface area (Å²) in [5.41, 5.74) is 1.00. The zero-order valence-corrected chi connectivity index (χ0v) is 10.8. The number of anilines is 1. The van der Waals surface area contributed by atoms with Crippen molar-refractivity contribution in [2.45, 2.75) is 38.6 Å². The molecule has 3 rings (SSSR count). The molecule has 1 aliphatic rings. The lowest BCUT2D eigenvalue weighted by molar-refractivity contribution is 0.609. The molecule has 1 saturated carbocycles. The van der Waals surface area contributed by atoms with Crippen LogP contribution in [0, 0.1) is 5.92 Å². The summed E-state index contributed by atoms with van der Waals surface area (Å²) in [6.07, 6.45) is 7.07. The Morgan fingerprint density at radius 1 is 1.28 bits per heavy atom. The van der Waals surface area contributed by atoms with Gasteiger partial charge in [-0.1, -0.05) is 25.0 Å². The summed E-state index contributed by atoms with van der Waals surface area (Å²) in [4.78, 5) is 8.65. The minimum atomic E-state index is 0.476. The van der Waals surface area contributed by atoms with E-state index in [0.717, 1.165) is 22.6 Å². The molecule has 94 valence electrons. The number of nitrogens with zero attached hydrogens (tertiary/aromatic N) is 2. The molecule has 1 fully saturated rings. The van der Waals surface area contributed by atoms with Gasteiger partial charge in [0.25, 0.3) is 0 Å². The zero-order valence-electron chi connectivity index (χ0n) is 10.8. The average Bonchev–Trinajstić information content (AvgIpc) is 3.21. The molecule has 18 heavy (non-hydrogen) atoms. The van der Waals surface area contributed by atoms with Gasteiger partial charge in [-0.05, 0) is 37.8 Å². The van der Waals surface area contributed by atoms with Gasteiger partial charge >= 0.3 is 0 Å². The number of para-hydroxylation sites is 1. The van der Waals surface area contributed by atoms with Gasteiger partial charge in [-0.2, -0.15) is 0 Å². The third-order valence-corrected chi connectivity index (χ3v) is 3.63. The Bertz CT molecular complexity index is 529. The fourth-order valence-electron chi connectivity index (χ4n) is 2.32. The van der Waals surface area contributed by atoms with Gasteiger partial charge in [-0.3, -0.25) is 0 Å². The van der Waals surface area contributed by atoms with Crippen molar-refractivity contribution in [3.8, 4) is 0 Å². The molecular formula is C15H19N3. The number of nitrogens with one attached hydrogen (secondary N) is 1. The van der Waals surface area contributed by atoms with Crippen molar-refractivity contribution < 1.29 is 0 Å². The topological polar surface area (TPSA) is 37.8 Å². The smallest absolute Gasteiger partial charge is 0.137 e. The van der Waals surface area contributed by atoms with E-state index in [2.05, 4.69) is 28.3 Å². The average molecular weight is 241 g/mol. The highest BCUT2D eigenvalue weighted by molar-refractivity contribution is 5.88. The van der Waals surface area contributed by atoms with Crippen molar-refractivity contribution in [2.24, 2.45) is 5.92 Å². The predicted octanol–water partition coefficient (Wildman–Crippen LogP) is 3.62. The molecule has 1 aromatic heterocycles. The molecule has 0 amide bonds. The SMILES string of the molecule is C[C@@H](CCC1CC1)Nc1ncnc2ccccc12. The van der Waals surface area contributed by atoms with Gasteiger partial charge in [-0.25, -0.2) is 9.97 Å². The molecule has 0 saturated heterocycles. The van der Waals surface area contributed by atoms with Gasteiger partial charge in [0.15, 0.2) is 0 Å². The van der Waals surface area contributed by atoms with Crippen molar-refractivity contribution >= 4 is 16.7 Å². The maximum absolute atomic E-state index is 4.37. The van der Waals surface area contributed by atoms with Crippen LogP contribution in [0.25, 0.3) is 10.9 Å². The number of aromatic nitrogens is 2. The van der Waals surface area contributed by atoms with E-state index < -0.39 is 0 Å². The van der Waals surface area contributed by atoms with Gasteiger partial charge in [0.2, 0.25) is 0 Å². The first-order valence-corrected chi connectivity index (χ1v) is 6.79. The maximum atomic E-state index is 4.37. The molecule has 1 aliphatic carbocycles. The summed E-state index contributed by atoms with van der Waals surface area (Å²) in [6, 6.07) is 8.62. The van der Waals surface area contributed by atoms with Crippen LogP contribution in [0.2, 0.25) is 0 Å². The number of hydrogen-bond acceptors (Lipinski definition) is 3. The zero-order chi connectivity index (χ0) is 12.4. The van der Waals surface area contributed by atoms with Gasteiger partial charge < -0.3 is 5.32 Å². The Labute approximate surface area is 108 Å². The van der Waals surface area contributed by atoms with Crippen LogP contribution in [0.15, 0.2) is 30.6 Å². The summed E-state index contributed by atoms with van der Waals surface area (Å²) in [5.74, 6) is 1.96. The number of fused-ring (bicyclic) bond motifs is 1. The van der Waals surface area contributed by atoms with Crippen LogP contribution in [0.5, 0.6) is 0 Å². The lowest BCUT2D eigenvalue weighted by atomic mass is 10.1. The molecular weight excluding hydrogens is 222 g/mol. The lowest BCUT2D eigenvalue weighted by Gasteiger charge is -2.15. The fourth-order valence-corrected chi connectivity index (χ4v) is 2.32. The minimum absolute atomic E-state index is 0.476. The second-order valence-corrected chi connectivity index (χ2v) is 5.31. The fraction of sp³-hybridized carbons (Fsp3) is 0.467. The summed E-state index contributed by atoms with van der Waals surface area (Å²) in [6.45, 7) is 2.24. The van der Waals surface area contributed by atoms with Crippen LogP contribution in [0.1, 0.15) is 32.6 Å². The van der Waals surface area contributed by atoms with E-state index in [-0.39, 0.29) is 0 Å². The normalized spacial score (nSPS) is 16.7. The summed E-state index contributed by atoms with van der Waals surface area (Å²) < 4.78 is 0. The summed E-state index contributed by atoms with van der Waals surface area (Å²) in [5, 5.41) is 4.63. The highest BCUT2D eigenvalue weighted by Gasteiger charge is 2.21. The first-order valence-electron chi connectivity index (χ1n) is 6.79. The van der Waals surface area contributed by atoms with Gasteiger partial charge in [-0.15, -0.1) is 0 Å². The highest BCUT2D eigenvalue weighted by atomic mass is 15.0. The summed E-state index contributed by atoms with van der Waals surface area (Å²) >= 11 is 0. The molecule has 1 N–H and O–H groups in total. The molecule has 3 heteroatoms. The Hall–Kier alpha value is -1.64. The van der Waals surface area contributed by atoms with Crippen molar-refractivity contribution in [3.05, 3.63) is 30.6 Å². The van der Waals surface area contributed by atoms with E-state index in [1.165, 1.54) is 25.7 Å². The maximum Gasteiger partial charge on any atom is 0.137 e. The van der Waals surface area contributed by atoms with Crippen LogP contribution < -0.4 is 5.32 Å². The molecule has 2 aromatic rings. The van der Waals surface area contributed by atoms with Crippen LogP contribution in [0.4, 0.5) is 5.82 Å². The summed E-state index contributed by atoms with van der Waals surface area (Å²) in [7, 11) is 0. The van der Waals surface area contributed by atoms with E-state index in [9.17, 15) is 0 Å². The van der Waals surface area contributed by atoms with E-state index in [4.69, 9.17) is 0 Å². The molecule has 0 bridgehead atoms. The van der Waals surface area contributed by atoms with Crippen molar-refractivity contribution in [1.29, 1.82) is 0 Å². The monoisotopic (exact) mass is 241 g/mol. The second kappa shape index (κ2) is 4.92. The van der Waals surface area contributed by atoms with Crippen LogP contribution in [-0.4, -0.2) is 16.0 Å². The molecule has 0 aliphatic heterocycles. The van der Waals surface area contributed by atoms with E-state index >= 15 is 0 Å². The third kappa shape index (κ3) is 2.61. The number of hydrogen-bond donors (Lipinski definition) is 1. The Balaban J connectivity index is 1.72. The van der Waals surface area contributed by atoms with E-state index in [1.807, 2.05) is 18.2 Å². The molecule has 0 spiro atoms. The predicted molar refractivity (Wildman–Crippen MR) is 74.6 cm³/mol. The highest BCUT2D eigenvalue weighted by Crippen LogP contribution is 2.34. The number of rotatable bonds is 5. The van der Waals surface area contributed by atoms with Crippen molar-refractivity contribution in [2.75, 3.05) is 5.32 Å². The Morgan fingerprint density at radius 3 is 2.94 bits per heavy atom. The van der Waals surface area contributed by atoms with Crippen molar-refractivity contribution in [1.82, 2.24) is 9.97 Å². The molecule has 0 unspecified atom stereocenters. The Kier molecular flexibility index (Phi) is 3.13. The molecule has 3 nitrogen and oxygen atoms in total. The second-order valence-electron chi connectivity index (χ2n) is 5.31. The molecule has 1 heterocycles.